The van der Waals surface area contributed by atoms with Crippen molar-refractivity contribution < 1.29 is 0 Å². The van der Waals surface area contributed by atoms with E-state index < -0.39 is 0 Å². The summed E-state index contributed by atoms with van der Waals surface area (Å²) in [7, 11) is 0. The van der Waals surface area contributed by atoms with Gasteiger partial charge in [0.05, 0.1) is 12.0 Å². The lowest BCUT2D eigenvalue weighted by molar-refractivity contribution is 0.524. The van der Waals surface area contributed by atoms with Gasteiger partial charge in [-0.15, -0.1) is 0 Å². The standard InChI is InChI=1S/C15H29N3/c1-4-5-6-7-8-9-10-18-13-16-11-15(18)12-17-14(2)3/h11,13-14,17H,4-10,12H2,1-3H3. The lowest BCUT2D eigenvalue weighted by Crippen LogP contribution is -2.23. The minimum atomic E-state index is 0.530. The molecule has 0 saturated heterocycles. The van der Waals surface area contributed by atoms with E-state index in [0.29, 0.717) is 6.04 Å². The maximum absolute atomic E-state index is 4.25. The van der Waals surface area contributed by atoms with Gasteiger partial charge in [-0.05, 0) is 6.42 Å². The molecular weight excluding hydrogens is 222 g/mol. The molecule has 104 valence electrons. The average molecular weight is 251 g/mol. The Kier molecular flexibility index (Phi) is 7.74. The van der Waals surface area contributed by atoms with Crippen LogP contribution in [0.3, 0.4) is 0 Å². The number of aromatic nitrogens is 2. The van der Waals surface area contributed by atoms with E-state index in [-0.39, 0.29) is 0 Å². The lowest BCUT2D eigenvalue weighted by Gasteiger charge is -2.11. The van der Waals surface area contributed by atoms with Crippen LogP contribution in [0.15, 0.2) is 12.5 Å². The monoisotopic (exact) mass is 251 g/mol. The fourth-order valence-electron chi connectivity index (χ4n) is 2.07. The molecule has 0 unspecified atom stereocenters. The first-order valence-corrected chi connectivity index (χ1v) is 7.46. The minimum absolute atomic E-state index is 0.530. The van der Waals surface area contributed by atoms with Crippen LogP contribution >= 0.6 is 0 Å². The molecule has 0 amide bonds. The molecule has 0 radical (unpaired) electrons. The van der Waals surface area contributed by atoms with Crippen LogP contribution in [-0.2, 0) is 13.1 Å². The van der Waals surface area contributed by atoms with Crippen LogP contribution in [0.4, 0.5) is 0 Å². The summed E-state index contributed by atoms with van der Waals surface area (Å²) in [6.07, 6.45) is 12.0. The summed E-state index contributed by atoms with van der Waals surface area (Å²) in [4.78, 5) is 4.25. The molecule has 0 aliphatic rings. The normalized spacial score (nSPS) is 11.3. The van der Waals surface area contributed by atoms with Crippen LogP contribution < -0.4 is 5.32 Å². The van der Waals surface area contributed by atoms with E-state index in [0.717, 1.165) is 13.1 Å². The van der Waals surface area contributed by atoms with Gasteiger partial charge < -0.3 is 9.88 Å². The molecule has 0 aliphatic heterocycles. The second kappa shape index (κ2) is 9.15. The molecule has 0 aromatic carbocycles. The molecule has 0 atom stereocenters. The second-order valence-corrected chi connectivity index (χ2v) is 5.38. The average Bonchev–Trinajstić information content (AvgIpc) is 2.78. The first kappa shape index (κ1) is 15.2. The molecule has 1 rings (SSSR count). The number of aryl methyl sites for hydroxylation is 1. The summed E-state index contributed by atoms with van der Waals surface area (Å²) in [5.41, 5.74) is 1.30. The number of hydrogen-bond acceptors (Lipinski definition) is 2. The van der Waals surface area contributed by atoms with Gasteiger partial charge in [-0.25, -0.2) is 4.98 Å². The first-order chi connectivity index (χ1) is 8.74. The lowest BCUT2D eigenvalue weighted by atomic mass is 10.1. The van der Waals surface area contributed by atoms with Crippen LogP contribution in [0.2, 0.25) is 0 Å². The number of hydrogen-bond donors (Lipinski definition) is 1. The highest BCUT2D eigenvalue weighted by molar-refractivity contribution is 4.98. The fraction of sp³-hybridized carbons (Fsp3) is 0.800. The number of unbranched alkanes of at least 4 members (excludes halogenated alkanes) is 5. The molecular formula is C15H29N3. The van der Waals surface area contributed by atoms with Gasteiger partial charge in [0.25, 0.3) is 0 Å². The van der Waals surface area contributed by atoms with Crippen LogP contribution in [0.1, 0.15) is 65.0 Å². The van der Waals surface area contributed by atoms with Gasteiger partial charge >= 0.3 is 0 Å². The van der Waals surface area contributed by atoms with Crippen molar-refractivity contribution in [2.75, 3.05) is 0 Å². The Morgan fingerprint density at radius 1 is 1.17 bits per heavy atom. The topological polar surface area (TPSA) is 29.9 Å². The van der Waals surface area contributed by atoms with Crippen LogP contribution in [0.5, 0.6) is 0 Å². The van der Waals surface area contributed by atoms with Crippen molar-refractivity contribution in [1.82, 2.24) is 14.9 Å². The van der Waals surface area contributed by atoms with Gasteiger partial charge in [0.2, 0.25) is 0 Å². The number of rotatable bonds is 10. The smallest absolute Gasteiger partial charge is 0.0948 e. The predicted octanol–water partition coefficient (Wildman–Crippen LogP) is 3.74. The number of imidazole rings is 1. The SMILES string of the molecule is CCCCCCCCn1cncc1CNC(C)C. The van der Waals surface area contributed by atoms with E-state index in [4.69, 9.17) is 0 Å². The Labute approximate surface area is 112 Å². The van der Waals surface area contributed by atoms with Crippen LogP contribution in [0.25, 0.3) is 0 Å². The van der Waals surface area contributed by atoms with E-state index in [9.17, 15) is 0 Å². The molecule has 3 nitrogen and oxygen atoms in total. The molecule has 0 spiro atoms. The molecule has 3 heteroatoms. The molecule has 0 aliphatic carbocycles. The van der Waals surface area contributed by atoms with Crippen molar-refractivity contribution in [3.05, 3.63) is 18.2 Å². The van der Waals surface area contributed by atoms with Crippen molar-refractivity contribution in [3.63, 3.8) is 0 Å². The highest BCUT2D eigenvalue weighted by Gasteiger charge is 2.02. The summed E-state index contributed by atoms with van der Waals surface area (Å²) in [6, 6.07) is 0.530. The Morgan fingerprint density at radius 3 is 2.61 bits per heavy atom. The highest BCUT2D eigenvalue weighted by Crippen LogP contribution is 2.08. The third-order valence-corrected chi connectivity index (χ3v) is 3.24. The maximum atomic E-state index is 4.25. The van der Waals surface area contributed by atoms with Crippen molar-refractivity contribution in [3.8, 4) is 0 Å². The molecule has 0 bridgehead atoms. The van der Waals surface area contributed by atoms with E-state index >= 15 is 0 Å². The number of nitrogens with zero attached hydrogens (tertiary/aromatic N) is 2. The Bertz CT molecular complexity index is 304. The van der Waals surface area contributed by atoms with Crippen molar-refractivity contribution in [1.29, 1.82) is 0 Å². The second-order valence-electron chi connectivity index (χ2n) is 5.38. The summed E-state index contributed by atoms with van der Waals surface area (Å²) in [6.45, 7) is 8.65. The van der Waals surface area contributed by atoms with Gasteiger partial charge in [0.15, 0.2) is 0 Å². The van der Waals surface area contributed by atoms with Gasteiger partial charge in [0, 0.05) is 25.3 Å². The predicted molar refractivity (Wildman–Crippen MR) is 77.6 cm³/mol. The van der Waals surface area contributed by atoms with Gasteiger partial charge in [-0.3, -0.25) is 0 Å². The van der Waals surface area contributed by atoms with E-state index in [1.807, 2.05) is 12.5 Å². The molecule has 0 saturated carbocycles. The molecule has 18 heavy (non-hydrogen) atoms. The largest absolute Gasteiger partial charge is 0.333 e. The molecule has 0 fully saturated rings. The zero-order valence-corrected chi connectivity index (χ0v) is 12.3. The van der Waals surface area contributed by atoms with Gasteiger partial charge in [-0.2, -0.15) is 0 Å². The zero-order valence-electron chi connectivity index (χ0n) is 12.3. The van der Waals surface area contributed by atoms with E-state index in [2.05, 4.69) is 35.6 Å². The van der Waals surface area contributed by atoms with E-state index in [1.54, 1.807) is 0 Å². The Morgan fingerprint density at radius 2 is 1.89 bits per heavy atom. The summed E-state index contributed by atoms with van der Waals surface area (Å²) >= 11 is 0. The molecule has 1 heterocycles. The number of nitrogens with one attached hydrogen (secondary N) is 1. The van der Waals surface area contributed by atoms with Crippen molar-refractivity contribution >= 4 is 0 Å². The van der Waals surface area contributed by atoms with Gasteiger partial charge in [0.1, 0.15) is 0 Å². The quantitative estimate of drug-likeness (QED) is 0.642. The van der Waals surface area contributed by atoms with Crippen LogP contribution in [0, 0.1) is 0 Å². The van der Waals surface area contributed by atoms with E-state index in [1.165, 1.54) is 44.2 Å². The molecule has 1 N–H and O–H groups in total. The maximum Gasteiger partial charge on any atom is 0.0948 e. The zero-order chi connectivity index (χ0) is 13.2. The van der Waals surface area contributed by atoms with Crippen molar-refractivity contribution in [2.45, 2.75) is 78.4 Å². The Balaban J connectivity index is 2.19. The minimum Gasteiger partial charge on any atom is -0.333 e. The van der Waals surface area contributed by atoms with Crippen LogP contribution in [-0.4, -0.2) is 15.6 Å². The highest BCUT2D eigenvalue weighted by atomic mass is 15.1. The van der Waals surface area contributed by atoms with Gasteiger partial charge in [-0.1, -0.05) is 52.9 Å². The summed E-state index contributed by atoms with van der Waals surface area (Å²) in [5.74, 6) is 0. The summed E-state index contributed by atoms with van der Waals surface area (Å²) in [5, 5.41) is 3.45. The Hall–Kier alpha value is -0.830. The summed E-state index contributed by atoms with van der Waals surface area (Å²) < 4.78 is 2.29. The first-order valence-electron chi connectivity index (χ1n) is 7.46. The third-order valence-electron chi connectivity index (χ3n) is 3.24. The molecule has 1 aromatic heterocycles. The van der Waals surface area contributed by atoms with Crippen molar-refractivity contribution in [2.24, 2.45) is 0 Å². The molecule has 1 aromatic rings. The third kappa shape index (κ3) is 6.20. The fourth-order valence-corrected chi connectivity index (χ4v) is 2.07.